The standard InChI is InChI=1S/C12H13N5S/c1-14-6-2-3-11-16-17-12(18-11)10-5-4-9(7-13)8-15-10/h4-5,8,14H,2-3,6H2,1H3. The normalized spacial score (nSPS) is 10.2. The predicted molar refractivity (Wildman–Crippen MR) is 70.1 cm³/mol. The molecule has 0 bridgehead atoms. The Bertz CT molecular complexity index is 540. The van der Waals surface area contributed by atoms with Crippen LogP contribution in [0.2, 0.25) is 0 Å². The van der Waals surface area contributed by atoms with Gasteiger partial charge in [0.1, 0.15) is 16.8 Å². The van der Waals surface area contributed by atoms with Crippen LogP contribution in [0.1, 0.15) is 17.0 Å². The van der Waals surface area contributed by atoms with Gasteiger partial charge in [0.05, 0.1) is 5.56 Å². The summed E-state index contributed by atoms with van der Waals surface area (Å²) in [6, 6.07) is 5.59. The number of aromatic nitrogens is 3. The van der Waals surface area contributed by atoms with E-state index in [1.54, 1.807) is 29.7 Å². The van der Waals surface area contributed by atoms with Gasteiger partial charge in [0.2, 0.25) is 0 Å². The van der Waals surface area contributed by atoms with Crippen molar-refractivity contribution in [3.63, 3.8) is 0 Å². The summed E-state index contributed by atoms with van der Waals surface area (Å²) in [7, 11) is 1.94. The number of nitriles is 1. The molecule has 0 atom stereocenters. The molecule has 2 heterocycles. The van der Waals surface area contributed by atoms with Crippen LogP contribution in [0.5, 0.6) is 0 Å². The van der Waals surface area contributed by atoms with Crippen molar-refractivity contribution in [2.45, 2.75) is 12.8 Å². The fraction of sp³-hybridized carbons (Fsp3) is 0.333. The first kappa shape index (κ1) is 12.6. The molecule has 0 radical (unpaired) electrons. The maximum Gasteiger partial charge on any atom is 0.166 e. The molecule has 1 N–H and O–H groups in total. The van der Waals surface area contributed by atoms with E-state index in [0.717, 1.165) is 35.1 Å². The van der Waals surface area contributed by atoms with Crippen molar-refractivity contribution in [1.82, 2.24) is 20.5 Å². The highest BCUT2D eigenvalue weighted by atomic mass is 32.1. The zero-order valence-corrected chi connectivity index (χ0v) is 10.9. The lowest BCUT2D eigenvalue weighted by Gasteiger charge is -1.95. The van der Waals surface area contributed by atoms with Crippen LogP contribution in [0.15, 0.2) is 18.3 Å². The third-order valence-electron chi connectivity index (χ3n) is 2.40. The van der Waals surface area contributed by atoms with Crippen LogP contribution in [-0.4, -0.2) is 28.8 Å². The van der Waals surface area contributed by atoms with Gasteiger partial charge in [0.15, 0.2) is 5.01 Å². The van der Waals surface area contributed by atoms with Gasteiger partial charge in [0.25, 0.3) is 0 Å². The fourth-order valence-electron chi connectivity index (χ4n) is 1.46. The van der Waals surface area contributed by atoms with Crippen molar-refractivity contribution in [2.75, 3.05) is 13.6 Å². The first-order chi connectivity index (χ1) is 8.83. The zero-order valence-electron chi connectivity index (χ0n) is 10.1. The molecule has 0 aliphatic heterocycles. The summed E-state index contributed by atoms with van der Waals surface area (Å²) in [6.07, 6.45) is 3.53. The fourth-order valence-corrected chi connectivity index (χ4v) is 2.32. The van der Waals surface area contributed by atoms with Crippen molar-refractivity contribution in [2.24, 2.45) is 0 Å². The van der Waals surface area contributed by atoms with Crippen molar-refractivity contribution in [3.8, 4) is 16.8 Å². The molecule has 0 aromatic carbocycles. The maximum absolute atomic E-state index is 8.70. The largest absolute Gasteiger partial charge is 0.320 e. The van der Waals surface area contributed by atoms with Crippen molar-refractivity contribution in [3.05, 3.63) is 28.9 Å². The average Bonchev–Trinajstić information content (AvgIpc) is 2.88. The Morgan fingerprint density at radius 3 is 2.94 bits per heavy atom. The van der Waals surface area contributed by atoms with Crippen LogP contribution in [-0.2, 0) is 6.42 Å². The molecule has 2 aromatic heterocycles. The summed E-state index contributed by atoms with van der Waals surface area (Å²) in [5, 5.41) is 21.9. The Kier molecular flexibility index (Phi) is 4.34. The SMILES string of the molecule is CNCCCc1nnc(-c2ccc(C#N)cn2)s1. The summed E-state index contributed by atoms with van der Waals surface area (Å²) >= 11 is 1.55. The molecule has 2 aromatic rings. The number of nitrogens with zero attached hydrogens (tertiary/aromatic N) is 4. The van der Waals surface area contributed by atoms with Crippen LogP contribution in [0.3, 0.4) is 0 Å². The Hall–Kier alpha value is -1.84. The third kappa shape index (κ3) is 3.09. The lowest BCUT2D eigenvalue weighted by atomic mass is 10.3. The zero-order chi connectivity index (χ0) is 12.8. The molecule has 0 spiro atoms. The van der Waals surface area contributed by atoms with Gasteiger partial charge in [-0.25, -0.2) is 0 Å². The summed E-state index contributed by atoms with van der Waals surface area (Å²) < 4.78 is 0. The molecule has 0 saturated heterocycles. The topological polar surface area (TPSA) is 74.5 Å². The lowest BCUT2D eigenvalue weighted by molar-refractivity contribution is 0.718. The van der Waals surface area contributed by atoms with Crippen LogP contribution in [0.25, 0.3) is 10.7 Å². The molecule has 6 heteroatoms. The van der Waals surface area contributed by atoms with Crippen molar-refractivity contribution < 1.29 is 0 Å². The molecule has 18 heavy (non-hydrogen) atoms. The Morgan fingerprint density at radius 1 is 1.39 bits per heavy atom. The predicted octanol–water partition coefficient (Wildman–Crippen LogP) is 1.62. The minimum atomic E-state index is 0.553. The van der Waals surface area contributed by atoms with Gasteiger partial charge in [-0.15, -0.1) is 10.2 Å². The smallest absolute Gasteiger partial charge is 0.166 e. The number of hydrogen-bond donors (Lipinski definition) is 1. The van der Waals surface area contributed by atoms with E-state index < -0.39 is 0 Å². The average molecular weight is 259 g/mol. The quantitative estimate of drug-likeness (QED) is 0.826. The van der Waals surface area contributed by atoms with E-state index in [9.17, 15) is 0 Å². The highest BCUT2D eigenvalue weighted by molar-refractivity contribution is 7.14. The molecule has 92 valence electrons. The molecule has 0 aliphatic carbocycles. The molecule has 0 saturated carbocycles. The highest BCUT2D eigenvalue weighted by Gasteiger charge is 2.07. The van der Waals surface area contributed by atoms with E-state index >= 15 is 0 Å². The monoisotopic (exact) mass is 259 g/mol. The second-order valence-corrected chi connectivity index (χ2v) is 4.81. The number of aryl methyl sites for hydroxylation is 1. The number of rotatable bonds is 5. The van der Waals surface area contributed by atoms with Gasteiger partial charge >= 0.3 is 0 Å². The van der Waals surface area contributed by atoms with E-state index in [0.29, 0.717) is 5.56 Å². The third-order valence-corrected chi connectivity index (χ3v) is 3.40. The summed E-state index contributed by atoms with van der Waals surface area (Å²) in [5.41, 5.74) is 1.32. The Morgan fingerprint density at radius 2 is 2.28 bits per heavy atom. The van der Waals surface area contributed by atoms with Gasteiger partial charge in [-0.1, -0.05) is 11.3 Å². The highest BCUT2D eigenvalue weighted by Crippen LogP contribution is 2.22. The molecular weight excluding hydrogens is 246 g/mol. The van der Waals surface area contributed by atoms with E-state index in [2.05, 4.69) is 20.5 Å². The first-order valence-electron chi connectivity index (χ1n) is 5.67. The van der Waals surface area contributed by atoms with Crippen molar-refractivity contribution >= 4 is 11.3 Å². The summed E-state index contributed by atoms with van der Waals surface area (Å²) in [5.74, 6) is 0. The molecule has 0 fully saturated rings. The molecule has 2 rings (SSSR count). The van der Waals surface area contributed by atoms with Crippen LogP contribution in [0, 0.1) is 11.3 Å². The number of hydrogen-bond acceptors (Lipinski definition) is 6. The number of nitrogens with one attached hydrogen (secondary N) is 1. The van der Waals surface area contributed by atoms with E-state index in [-0.39, 0.29) is 0 Å². The minimum Gasteiger partial charge on any atom is -0.320 e. The van der Waals surface area contributed by atoms with Crippen LogP contribution < -0.4 is 5.32 Å². The van der Waals surface area contributed by atoms with E-state index in [1.165, 1.54) is 0 Å². The lowest BCUT2D eigenvalue weighted by Crippen LogP contribution is -2.08. The van der Waals surface area contributed by atoms with Gasteiger partial charge < -0.3 is 5.32 Å². The molecular formula is C12H13N5S. The maximum atomic E-state index is 8.70. The second kappa shape index (κ2) is 6.19. The summed E-state index contributed by atoms with van der Waals surface area (Å²) in [6.45, 7) is 0.976. The van der Waals surface area contributed by atoms with Crippen molar-refractivity contribution in [1.29, 1.82) is 5.26 Å². The Balaban J connectivity index is 2.06. The van der Waals surface area contributed by atoms with Gasteiger partial charge in [0, 0.05) is 12.6 Å². The van der Waals surface area contributed by atoms with Crippen LogP contribution >= 0.6 is 11.3 Å². The molecule has 5 nitrogen and oxygen atoms in total. The van der Waals surface area contributed by atoms with E-state index in [1.807, 2.05) is 13.1 Å². The minimum absolute atomic E-state index is 0.553. The second-order valence-electron chi connectivity index (χ2n) is 3.75. The van der Waals surface area contributed by atoms with Gasteiger partial charge in [-0.3, -0.25) is 4.98 Å². The molecule has 0 unspecified atom stereocenters. The Labute approximate surface area is 110 Å². The first-order valence-corrected chi connectivity index (χ1v) is 6.48. The molecule has 0 amide bonds. The van der Waals surface area contributed by atoms with E-state index in [4.69, 9.17) is 5.26 Å². The number of pyridine rings is 1. The summed E-state index contributed by atoms with van der Waals surface area (Å²) in [4.78, 5) is 4.20. The van der Waals surface area contributed by atoms with Gasteiger partial charge in [-0.05, 0) is 32.1 Å². The molecule has 0 aliphatic rings. The van der Waals surface area contributed by atoms with Crippen LogP contribution in [0.4, 0.5) is 0 Å². The van der Waals surface area contributed by atoms with Gasteiger partial charge in [-0.2, -0.15) is 5.26 Å².